The zero-order chi connectivity index (χ0) is 12.8. The van der Waals surface area contributed by atoms with Crippen molar-refractivity contribution >= 4 is 34.6 Å². The predicted octanol–water partition coefficient (Wildman–Crippen LogP) is 3.98. The molecular weight excluding hydrogens is 252 g/mol. The second-order valence-corrected chi connectivity index (χ2v) is 5.34. The third-order valence-corrected chi connectivity index (χ3v) is 3.09. The van der Waals surface area contributed by atoms with E-state index < -0.39 is 0 Å². The van der Waals surface area contributed by atoms with Crippen molar-refractivity contribution in [3.05, 3.63) is 28.8 Å². The Kier molecular flexibility index (Phi) is 5.72. The van der Waals surface area contributed by atoms with Crippen LogP contribution in [0.3, 0.4) is 0 Å². The van der Waals surface area contributed by atoms with Gasteiger partial charge in [0.25, 0.3) is 0 Å². The SMILES string of the molecule is Cc1ccc(NC(=S)NCCC(C)C)cc1Cl. The van der Waals surface area contributed by atoms with Crippen LogP contribution in [0.1, 0.15) is 25.8 Å². The summed E-state index contributed by atoms with van der Waals surface area (Å²) in [6.07, 6.45) is 1.11. The summed E-state index contributed by atoms with van der Waals surface area (Å²) in [4.78, 5) is 0. The molecule has 0 bridgehead atoms. The minimum Gasteiger partial charge on any atom is -0.362 e. The molecule has 0 aliphatic carbocycles. The first-order valence-corrected chi connectivity index (χ1v) is 6.58. The monoisotopic (exact) mass is 270 g/mol. The molecule has 1 aromatic rings. The minimum atomic E-state index is 0.644. The number of anilines is 1. The highest BCUT2D eigenvalue weighted by Gasteiger charge is 2.00. The second-order valence-electron chi connectivity index (χ2n) is 4.53. The highest BCUT2D eigenvalue weighted by atomic mass is 35.5. The molecule has 0 saturated carbocycles. The van der Waals surface area contributed by atoms with E-state index in [1.54, 1.807) is 0 Å². The fourth-order valence-corrected chi connectivity index (χ4v) is 1.72. The Balaban J connectivity index is 2.42. The van der Waals surface area contributed by atoms with Gasteiger partial charge in [-0.3, -0.25) is 0 Å². The smallest absolute Gasteiger partial charge is 0.170 e. The van der Waals surface area contributed by atoms with Crippen LogP contribution in [0.2, 0.25) is 5.02 Å². The largest absolute Gasteiger partial charge is 0.362 e. The molecule has 17 heavy (non-hydrogen) atoms. The van der Waals surface area contributed by atoms with Crippen LogP contribution in [-0.4, -0.2) is 11.7 Å². The lowest BCUT2D eigenvalue weighted by molar-refractivity contribution is 0.579. The van der Waals surface area contributed by atoms with Gasteiger partial charge in [0.05, 0.1) is 0 Å². The van der Waals surface area contributed by atoms with E-state index in [0.717, 1.165) is 29.2 Å². The Morgan fingerprint density at radius 2 is 2.12 bits per heavy atom. The molecule has 4 heteroatoms. The number of halogens is 1. The maximum Gasteiger partial charge on any atom is 0.170 e. The molecule has 2 nitrogen and oxygen atoms in total. The van der Waals surface area contributed by atoms with Gasteiger partial charge in [-0.15, -0.1) is 0 Å². The summed E-state index contributed by atoms with van der Waals surface area (Å²) in [5.41, 5.74) is 1.98. The lowest BCUT2D eigenvalue weighted by atomic mass is 10.1. The summed E-state index contributed by atoms with van der Waals surface area (Å²) < 4.78 is 0. The molecular formula is C13H19ClN2S. The molecule has 0 radical (unpaired) electrons. The number of thiocarbonyl (C=S) groups is 1. The summed E-state index contributed by atoms with van der Waals surface area (Å²) >= 11 is 11.2. The highest BCUT2D eigenvalue weighted by Crippen LogP contribution is 2.19. The van der Waals surface area contributed by atoms with E-state index in [-0.39, 0.29) is 0 Å². The van der Waals surface area contributed by atoms with Crippen LogP contribution < -0.4 is 10.6 Å². The Labute approximate surface area is 114 Å². The van der Waals surface area contributed by atoms with Gasteiger partial charge in [-0.25, -0.2) is 0 Å². The fourth-order valence-electron chi connectivity index (χ4n) is 1.32. The van der Waals surface area contributed by atoms with E-state index in [1.165, 1.54) is 0 Å². The summed E-state index contributed by atoms with van der Waals surface area (Å²) in [5.74, 6) is 0.680. The van der Waals surface area contributed by atoms with Crippen LogP contribution >= 0.6 is 23.8 Å². The fraction of sp³-hybridized carbons (Fsp3) is 0.462. The molecule has 0 fully saturated rings. The van der Waals surface area contributed by atoms with Crippen molar-refractivity contribution in [1.82, 2.24) is 5.32 Å². The molecule has 0 amide bonds. The molecule has 0 spiro atoms. The molecule has 1 aromatic carbocycles. The van der Waals surface area contributed by atoms with E-state index in [1.807, 2.05) is 25.1 Å². The zero-order valence-corrected chi connectivity index (χ0v) is 12.1. The van der Waals surface area contributed by atoms with Gasteiger partial charge < -0.3 is 10.6 Å². The molecule has 94 valence electrons. The van der Waals surface area contributed by atoms with Crippen molar-refractivity contribution in [3.8, 4) is 0 Å². The van der Waals surface area contributed by atoms with E-state index in [9.17, 15) is 0 Å². The standard InChI is InChI=1S/C13H19ClN2S/c1-9(2)6-7-15-13(17)16-11-5-4-10(3)12(14)8-11/h4-5,8-9H,6-7H2,1-3H3,(H2,15,16,17). The third kappa shape index (κ3) is 5.37. The number of benzene rings is 1. The van der Waals surface area contributed by atoms with Crippen LogP contribution in [-0.2, 0) is 0 Å². The predicted molar refractivity (Wildman–Crippen MR) is 79.9 cm³/mol. The van der Waals surface area contributed by atoms with Crippen LogP contribution in [0.5, 0.6) is 0 Å². The number of hydrogen-bond acceptors (Lipinski definition) is 1. The van der Waals surface area contributed by atoms with Crippen LogP contribution in [0.15, 0.2) is 18.2 Å². The number of rotatable bonds is 4. The van der Waals surface area contributed by atoms with Crippen molar-refractivity contribution in [3.63, 3.8) is 0 Å². The molecule has 0 saturated heterocycles. The molecule has 0 aromatic heterocycles. The Morgan fingerprint density at radius 3 is 2.71 bits per heavy atom. The topological polar surface area (TPSA) is 24.1 Å². The van der Waals surface area contributed by atoms with E-state index in [2.05, 4.69) is 24.5 Å². The summed E-state index contributed by atoms with van der Waals surface area (Å²) in [5, 5.41) is 7.69. The molecule has 0 heterocycles. The average Bonchev–Trinajstić information content (AvgIpc) is 2.23. The first-order chi connectivity index (χ1) is 7.99. The van der Waals surface area contributed by atoms with Gasteiger partial charge in [-0.05, 0) is 49.2 Å². The molecule has 0 unspecified atom stereocenters. The van der Waals surface area contributed by atoms with Gasteiger partial charge in [0.15, 0.2) is 5.11 Å². The van der Waals surface area contributed by atoms with Crippen molar-refractivity contribution in [1.29, 1.82) is 0 Å². The lowest BCUT2D eigenvalue weighted by Crippen LogP contribution is -2.29. The van der Waals surface area contributed by atoms with Crippen LogP contribution in [0.4, 0.5) is 5.69 Å². The highest BCUT2D eigenvalue weighted by molar-refractivity contribution is 7.80. The first kappa shape index (κ1) is 14.3. The van der Waals surface area contributed by atoms with E-state index in [4.69, 9.17) is 23.8 Å². The maximum absolute atomic E-state index is 6.04. The van der Waals surface area contributed by atoms with Gasteiger partial charge in [0, 0.05) is 17.3 Å². The molecule has 0 atom stereocenters. The lowest BCUT2D eigenvalue weighted by Gasteiger charge is -2.12. The van der Waals surface area contributed by atoms with Crippen molar-refractivity contribution in [2.24, 2.45) is 5.92 Å². The minimum absolute atomic E-state index is 0.644. The molecule has 0 aliphatic rings. The average molecular weight is 271 g/mol. The third-order valence-electron chi connectivity index (χ3n) is 2.44. The Hall–Kier alpha value is -0.800. The Morgan fingerprint density at radius 1 is 1.41 bits per heavy atom. The van der Waals surface area contributed by atoms with Crippen LogP contribution in [0, 0.1) is 12.8 Å². The molecule has 1 rings (SSSR count). The van der Waals surface area contributed by atoms with Gasteiger partial charge in [-0.1, -0.05) is 31.5 Å². The second kappa shape index (κ2) is 6.82. The Bertz CT molecular complexity index is 391. The van der Waals surface area contributed by atoms with Gasteiger partial charge in [-0.2, -0.15) is 0 Å². The number of aryl methyl sites for hydroxylation is 1. The summed E-state index contributed by atoms with van der Waals surface area (Å²) in [6, 6.07) is 5.83. The summed E-state index contributed by atoms with van der Waals surface area (Å²) in [7, 11) is 0. The van der Waals surface area contributed by atoms with Crippen molar-refractivity contribution in [2.45, 2.75) is 27.2 Å². The number of hydrogen-bond donors (Lipinski definition) is 2. The zero-order valence-electron chi connectivity index (χ0n) is 10.5. The van der Waals surface area contributed by atoms with Gasteiger partial charge >= 0.3 is 0 Å². The molecule has 0 aliphatic heterocycles. The van der Waals surface area contributed by atoms with Gasteiger partial charge in [0.1, 0.15) is 0 Å². The van der Waals surface area contributed by atoms with E-state index in [0.29, 0.717) is 11.0 Å². The normalized spacial score (nSPS) is 10.4. The van der Waals surface area contributed by atoms with Gasteiger partial charge in [0.2, 0.25) is 0 Å². The maximum atomic E-state index is 6.04. The molecule has 2 N–H and O–H groups in total. The quantitative estimate of drug-likeness (QED) is 0.810. The van der Waals surface area contributed by atoms with Crippen molar-refractivity contribution in [2.75, 3.05) is 11.9 Å². The number of nitrogens with one attached hydrogen (secondary N) is 2. The first-order valence-electron chi connectivity index (χ1n) is 5.80. The summed E-state index contributed by atoms with van der Waals surface area (Å²) in [6.45, 7) is 7.25. The van der Waals surface area contributed by atoms with E-state index >= 15 is 0 Å². The van der Waals surface area contributed by atoms with Crippen LogP contribution in [0.25, 0.3) is 0 Å². The van der Waals surface area contributed by atoms with Crippen molar-refractivity contribution < 1.29 is 0 Å².